The van der Waals surface area contributed by atoms with Crippen LogP contribution in [0.1, 0.15) is 28.4 Å². The van der Waals surface area contributed by atoms with Crippen molar-refractivity contribution in [3.05, 3.63) is 65.0 Å². The Morgan fingerprint density at radius 2 is 1.75 bits per heavy atom. The molecular weight excluding hydrogens is 307 g/mol. The molecule has 0 fully saturated rings. The van der Waals surface area contributed by atoms with Gasteiger partial charge in [0, 0.05) is 31.3 Å². The van der Waals surface area contributed by atoms with Crippen LogP contribution in [0.2, 0.25) is 0 Å². The number of carbonyl (C=O) groups is 2. The van der Waals surface area contributed by atoms with Crippen molar-refractivity contribution in [2.75, 3.05) is 18.0 Å². The highest BCUT2D eigenvalue weighted by molar-refractivity contribution is 5.95. The molecule has 0 aliphatic heterocycles. The smallest absolute Gasteiger partial charge is 0.251 e. The van der Waals surface area contributed by atoms with E-state index in [1.54, 1.807) is 4.90 Å². The second-order valence-corrected chi connectivity index (χ2v) is 5.72. The van der Waals surface area contributed by atoms with Gasteiger partial charge in [-0.05, 0) is 49.7 Å². The molecule has 0 spiro atoms. The lowest BCUT2D eigenvalue weighted by molar-refractivity contribution is -0.116. The number of nitrogens with zero attached hydrogens (tertiary/aromatic N) is 1. The molecule has 0 saturated heterocycles. The van der Waals surface area contributed by atoms with E-state index in [2.05, 4.69) is 5.32 Å². The molecule has 2 rings (SSSR count). The summed E-state index contributed by atoms with van der Waals surface area (Å²) in [6, 6.07) is 11.2. The second kappa shape index (κ2) is 7.73. The normalized spacial score (nSPS) is 10.3. The van der Waals surface area contributed by atoms with Gasteiger partial charge in [-0.25, -0.2) is 4.39 Å². The number of carbonyl (C=O) groups excluding carboxylic acids is 2. The van der Waals surface area contributed by atoms with Crippen molar-refractivity contribution in [1.29, 1.82) is 0 Å². The van der Waals surface area contributed by atoms with Gasteiger partial charge in [0.1, 0.15) is 5.82 Å². The van der Waals surface area contributed by atoms with Crippen LogP contribution in [0.25, 0.3) is 0 Å². The van der Waals surface area contributed by atoms with E-state index >= 15 is 0 Å². The molecule has 0 bridgehead atoms. The Labute approximate surface area is 141 Å². The van der Waals surface area contributed by atoms with E-state index in [9.17, 15) is 14.0 Å². The Hall–Kier alpha value is -2.69. The third-order valence-electron chi connectivity index (χ3n) is 3.75. The first kappa shape index (κ1) is 17.7. The molecule has 5 heteroatoms. The van der Waals surface area contributed by atoms with Crippen molar-refractivity contribution in [3.8, 4) is 0 Å². The minimum atomic E-state index is -0.385. The molecule has 0 atom stereocenters. The Morgan fingerprint density at radius 1 is 1.08 bits per heavy atom. The van der Waals surface area contributed by atoms with E-state index in [0.717, 1.165) is 16.8 Å². The van der Waals surface area contributed by atoms with E-state index in [1.165, 1.54) is 31.2 Å². The van der Waals surface area contributed by atoms with E-state index < -0.39 is 0 Å². The zero-order valence-corrected chi connectivity index (χ0v) is 14.1. The van der Waals surface area contributed by atoms with Crippen LogP contribution in [-0.2, 0) is 4.79 Å². The van der Waals surface area contributed by atoms with Gasteiger partial charge in [0.05, 0.1) is 0 Å². The number of halogens is 1. The molecule has 126 valence electrons. The van der Waals surface area contributed by atoms with Crippen molar-refractivity contribution in [2.24, 2.45) is 0 Å². The summed E-state index contributed by atoms with van der Waals surface area (Å²) < 4.78 is 12.9. The van der Waals surface area contributed by atoms with Gasteiger partial charge in [-0.2, -0.15) is 0 Å². The fraction of sp³-hybridized carbons (Fsp3) is 0.263. The van der Waals surface area contributed by atoms with Crippen molar-refractivity contribution in [1.82, 2.24) is 5.32 Å². The van der Waals surface area contributed by atoms with Crippen LogP contribution in [0.3, 0.4) is 0 Å². The lowest BCUT2D eigenvalue weighted by Crippen LogP contribution is -2.38. The summed E-state index contributed by atoms with van der Waals surface area (Å²) in [6.07, 6.45) is 0. The fourth-order valence-electron chi connectivity index (χ4n) is 2.54. The van der Waals surface area contributed by atoms with Gasteiger partial charge in [-0.3, -0.25) is 9.59 Å². The van der Waals surface area contributed by atoms with Crippen LogP contribution in [-0.4, -0.2) is 24.9 Å². The highest BCUT2D eigenvalue weighted by Gasteiger charge is 2.14. The Bertz CT molecular complexity index is 742. The fourth-order valence-corrected chi connectivity index (χ4v) is 2.54. The van der Waals surface area contributed by atoms with E-state index in [1.807, 2.05) is 32.0 Å². The summed E-state index contributed by atoms with van der Waals surface area (Å²) in [5.74, 6) is -0.763. The maximum absolute atomic E-state index is 12.9. The Balaban J connectivity index is 2.00. The molecule has 0 aliphatic carbocycles. The molecule has 24 heavy (non-hydrogen) atoms. The van der Waals surface area contributed by atoms with Crippen LogP contribution in [0.5, 0.6) is 0 Å². The number of rotatable bonds is 5. The third kappa shape index (κ3) is 4.41. The van der Waals surface area contributed by atoms with Gasteiger partial charge < -0.3 is 10.2 Å². The largest absolute Gasteiger partial charge is 0.350 e. The number of aryl methyl sites for hydroxylation is 2. The monoisotopic (exact) mass is 328 g/mol. The number of amides is 2. The summed E-state index contributed by atoms with van der Waals surface area (Å²) in [7, 11) is 0. The average Bonchev–Trinajstić information content (AvgIpc) is 2.52. The minimum absolute atomic E-state index is 0.0852. The Morgan fingerprint density at radius 3 is 2.33 bits per heavy atom. The molecule has 2 amide bonds. The zero-order chi connectivity index (χ0) is 17.7. The summed E-state index contributed by atoms with van der Waals surface area (Å²) in [5, 5.41) is 2.75. The highest BCUT2D eigenvalue weighted by Crippen LogP contribution is 2.21. The van der Waals surface area contributed by atoms with Crippen molar-refractivity contribution in [3.63, 3.8) is 0 Å². The predicted octanol–water partition coefficient (Wildman–Crippen LogP) is 3.23. The van der Waals surface area contributed by atoms with Gasteiger partial charge in [-0.1, -0.05) is 17.7 Å². The first-order valence-electron chi connectivity index (χ1n) is 7.77. The first-order chi connectivity index (χ1) is 11.4. The van der Waals surface area contributed by atoms with Crippen LogP contribution in [0, 0.1) is 19.7 Å². The summed E-state index contributed by atoms with van der Waals surface area (Å²) in [6.45, 7) is 6.13. The third-order valence-corrected chi connectivity index (χ3v) is 3.75. The van der Waals surface area contributed by atoms with Gasteiger partial charge >= 0.3 is 0 Å². The first-order valence-corrected chi connectivity index (χ1v) is 7.77. The molecule has 0 unspecified atom stereocenters. The Kier molecular flexibility index (Phi) is 5.68. The number of hydrogen-bond donors (Lipinski definition) is 1. The molecule has 1 N–H and O–H groups in total. The number of nitrogens with one attached hydrogen (secondary N) is 1. The van der Waals surface area contributed by atoms with Gasteiger partial charge in [0.25, 0.3) is 5.91 Å². The summed E-state index contributed by atoms with van der Waals surface area (Å²) in [5.41, 5.74) is 3.36. The summed E-state index contributed by atoms with van der Waals surface area (Å²) >= 11 is 0. The topological polar surface area (TPSA) is 49.4 Å². The standard InChI is InChI=1S/C19H21FN2O2/c1-13-4-9-18(14(2)12-13)22(15(3)23)11-10-21-19(24)16-5-7-17(20)8-6-16/h4-9,12H,10-11H2,1-3H3,(H,21,24). The number of hydrogen-bond acceptors (Lipinski definition) is 2. The molecule has 0 saturated carbocycles. The molecule has 0 aliphatic rings. The van der Waals surface area contributed by atoms with Crippen molar-refractivity contribution < 1.29 is 14.0 Å². The SMILES string of the molecule is CC(=O)N(CCNC(=O)c1ccc(F)cc1)c1ccc(C)cc1C. The van der Waals surface area contributed by atoms with Crippen LogP contribution < -0.4 is 10.2 Å². The number of anilines is 1. The van der Waals surface area contributed by atoms with Gasteiger partial charge in [0.2, 0.25) is 5.91 Å². The maximum atomic E-state index is 12.9. The zero-order valence-electron chi connectivity index (χ0n) is 14.1. The van der Waals surface area contributed by atoms with Crippen LogP contribution in [0.4, 0.5) is 10.1 Å². The molecule has 4 nitrogen and oxygen atoms in total. The van der Waals surface area contributed by atoms with Gasteiger partial charge in [0.15, 0.2) is 0 Å². The average molecular weight is 328 g/mol. The number of benzene rings is 2. The van der Waals surface area contributed by atoms with Gasteiger partial charge in [-0.15, -0.1) is 0 Å². The lowest BCUT2D eigenvalue weighted by Gasteiger charge is -2.23. The minimum Gasteiger partial charge on any atom is -0.350 e. The second-order valence-electron chi connectivity index (χ2n) is 5.72. The molecule has 0 aromatic heterocycles. The molecule has 0 radical (unpaired) electrons. The maximum Gasteiger partial charge on any atom is 0.251 e. The van der Waals surface area contributed by atoms with Crippen LogP contribution >= 0.6 is 0 Å². The quantitative estimate of drug-likeness (QED) is 0.916. The van der Waals surface area contributed by atoms with E-state index in [-0.39, 0.29) is 17.6 Å². The molecule has 0 heterocycles. The van der Waals surface area contributed by atoms with Crippen LogP contribution in [0.15, 0.2) is 42.5 Å². The molecule has 2 aromatic carbocycles. The van der Waals surface area contributed by atoms with Crippen molar-refractivity contribution in [2.45, 2.75) is 20.8 Å². The van der Waals surface area contributed by atoms with E-state index in [0.29, 0.717) is 18.7 Å². The molecule has 2 aromatic rings. The highest BCUT2D eigenvalue weighted by atomic mass is 19.1. The summed E-state index contributed by atoms with van der Waals surface area (Å²) in [4.78, 5) is 25.6. The van der Waals surface area contributed by atoms with E-state index in [4.69, 9.17) is 0 Å². The molecular formula is C19H21FN2O2. The lowest BCUT2D eigenvalue weighted by atomic mass is 10.1. The van der Waals surface area contributed by atoms with Crippen molar-refractivity contribution >= 4 is 17.5 Å². The predicted molar refractivity (Wildman–Crippen MR) is 92.7 cm³/mol.